The number of hydrogen-bond acceptors (Lipinski definition) is 3. The van der Waals surface area contributed by atoms with E-state index in [0.717, 1.165) is 41.5 Å². The molecule has 4 rings (SSSR count). The minimum Gasteiger partial charge on any atom is -0.283 e. The van der Waals surface area contributed by atoms with Gasteiger partial charge in [-0.2, -0.15) is 0 Å². The number of anilines is 1. The molecule has 5 heteroatoms. The van der Waals surface area contributed by atoms with Crippen LogP contribution < -0.4 is 4.90 Å². The number of nitrogens with zero attached hydrogens (tertiary/aromatic N) is 2. The Morgan fingerprint density at radius 1 is 1.12 bits per heavy atom. The fraction of sp³-hybridized carbons (Fsp3) is 0.333. The third-order valence-corrected chi connectivity index (χ3v) is 6.02. The Labute approximate surface area is 156 Å². The number of halogens is 1. The normalized spacial score (nSPS) is 15.3. The van der Waals surface area contributed by atoms with Gasteiger partial charge in [0.2, 0.25) is 5.91 Å². The summed E-state index contributed by atoms with van der Waals surface area (Å²) >= 11 is 1.39. The molecule has 0 unspecified atom stereocenters. The molecule has 0 saturated heterocycles. The van der Waals surface area contributed by atoms with Gasteiger partial charge in [-0.25, -0.2) is 9.37 Å². The lowest BCUT2D eigenvalue weighted by molar-refractivity contribution is -0.123. The van der Waals surface area contributed by atoms with Crippen LogP contribution in [0.3, 0.4) is 0 Å². The number of benzene rings is 2. The molecule has 0 atom stereocenters. The summed E-state index contributed by atoms with van der Waals surface area (Å²) in [4.78, 5) is 19.7. The first-order valence-electron chi connectivity index (χ1n) is 9.12. The molecular formula is C21H21FN2OS. The molecule has 3 nitrogen and oxygen atoms in total. The van der Waals surface area contributed by atoms with Gasteiger partial charge in [-0.05, 0) is 36.6 Å². The highest BCUT2D eigenvalue weighted by atomic mass is 32.1. The van der Waals surface area contributed by atoms with Gasteiger partial charge in [-0.3, -0.25) is 9.69 Å². The fourth-order valence-corrected chi connectivity index (χ4v) is 4.57. The maximum atomic E-state index is 13.5. The van der Waals surface area contributed by atoms with Crippen LogP contribution in [0.2, 0.25) is 0 Å². The Balaban J connectivity index is 1.69. The summed E-state index contributed by atoms with van der Waals surface area (Å²) in [7, 11) is 0. The van der Waals surface area contributed by atoms with Crippen molar-refractivity contribution in [2.24, 2.45) is 5.92 Å². The maximum absolute atomic E-state index is 13.5. The second kappa shape index (κ2) is 7.54. The van der Waals surface area contributed by atoms with E-state index in [1.165, 1.54) is 29.9 Å². The Morgan fingerprint density at radius 3 is 2.65 bits per heavy atom. The van der Waals surface area contributed by atoms with Crippen LogP contribution in [0.5, 0.6) is 0 Å². The molecule has 0 aliphatic heterocycles. The average molecular weight is 368 g/mol. The van der Waals surface area contributed by atoms with Gasteiger partial charge in [0.25, 0.3) is 0 Å². The second-order valence-electron chi connectivity index (χ2n) is 6.85. The lowest BCUT2D eigenvalue weighted by Crippen LogP contribution is -2.36. The van der Waals surface area contributed by atoms with Crippen LogP contribution in [0.4, 0.5) is 9.52 Å². The van der Waals surface area contributed by atoms with Gasteiger partial charge in [0.05, 0.1) is 16.8 Å². The molecule has 1 amide bonds. The van der Waals surface area contributed by atoms with Crippen LogP contribution in [0, 0.1) is 11.7 Å². The van der Waals surface area contributed by atoms with Crippen molar-refractivity contribution in [1.82, 2.24) is 4.98 Å². The summed E-state index contributed by atoms with van der Waals surface area (Å²) in [6.45, 7) is 0.498. The summed E-state index contributed by atoms with van der Waals surface area (Å²) in [5.74, 6) is -0.0646. The van der Waals surface area contributed by atoms with Crippen molar-refractivity contribution >= 4 is 32.6 Å². The number of rotatable bonds is 4. The molecule has 1 heterocycles. The van der Waals surface area contributed by atoms with Gasteiger partial charge in [0.1, 0.15) is 5.82 Å². The van der Waals surface area contributed by atoms with Crippen LogP contribution in [0.1, 0.15) is 37.7 Å². The summed E-state index contributed by atoms with van der Waals surface area (Å²) in [5, 5.41) is 0.657. The van der Waals surface area contributed by atoms with Crippen LogP contribution in [-0.2, 0) is 11.3 Å². The standard InChI is InChI=1S/C21H21FN2OS/c22-17-11-12-18-19(13-17)26-21(23-18)24(14-15-7-3-1-4-8-15)20(25)16-9-5-2-6-10-16/h1,3-4,7-8,11-13,16H,2,5-6,9-10,14H2. The Kier molecular flexibility index (Phi) is 4.98. The van der Waals surface area contributed by atoms with Crippen molar-refractivity contribution in [3.63, 3.8) is 0 Å². The maximum Gasteiger partial charge on any atom is 0.232 e. The number of aromatic nitrogens is 1. The lowest BCUT2D eigenvalue weighted by Gasteiger charge is -2.27. The molecule has 0 spiro atoms. The third-order valence-electron chi connectivity index (χ3n) is 4.97. The van der Waals surface area contributed by atoms with Crippen LogP contribution in [0.15, 0.2) is 48.5 Å². The first-order chi connectivity index (χ1) is 12.7. The minimum atomic E-state index is -0.277. The Morgan fingerprint density at radius 2 is 1.88 bits per heavy atom. The van der Waals surface area contributed by atoms with Gasteiger partial charge >= 0.3 is 0 Å². The van der Waals surface area contributed by atoms with E-state index in [4.69, 9.17) is 0 Å². The molecular weight excluding hydrogens is 347 g/mol. The molecule has 0 N–H and O–H groups in total. The van der Waals surface area contributed by atoms with Crippen molar-refractivity contribution in [3.8, 4) is 0 Å². The minimum absolute atomic E-state index is 0.0659. The van der Waals surface area contributed by atoms with E-state index < -0.39 is 0 Å². The van der Waals surface area contributed by atoms with Crippen molar-refractivity contribution < 1.29 is 9.18 Å². The van der Waals surface area contributed by atoms with E-state index in [2.05, 4.69) is 4.98 Å². The topological polar surface area (TPSA) is 33.2 Å². The van der Waals surface area contributed by atoms with E-state index in [0.29, 0.717) is 11.7 Å². The molecule has 134 valence electrons. The Hall–Kier alpha value is -2.27. The van der Waals surface area contributed by atoms with E-state index >= 15 is 0 Å². The SMILES string of the molecule is O=C(C1CCCCC1)N(Cc1ccccc1)c1nc2ccc(F)cc2s1. The first kappa shape index (κ1) is 17.2. The monoisotopic (exact) mass is 368 g/mol. The zero-order chi connectivity index (χ0) is 17.9. The van der Waals surface area contributed by atoms with Crippen molar-refractivity contribution in [2.45, 2.75) is 38.6 Å². The summed E-state index contributed by atoms with van der Waals surface area (Å²) in [6.07, 6.45) is 5.33. The number of hydrogen-bond donors (Lipinski definition) is 0. The third kappa shape index (κ3) is 3.63. The van der Waals surface area contributed by atoms with Crippen LogP contribution in [0.25, 0.3) is 10.2 Å². The molecule has 26 heavy (non-hydrogen) atoms. The van der Waals surface area contributed by atoms with Gasteiger partial charge in [-0.15, -0.1) is 0 Å². The largest absolute Gasteiger partial charge is 0.283 e. The number of carbonyl (C=O) groups excluding carboxylic acids is 1. The quantitative estimate of drug-likeness (QED) is 0.605. The van der Waals surface area contributed by atoms with Crippen molar-refractivity contribution in [3.05, 3.63) is 59.9 Å². The highest BCUT2D eigenvalue weighted by molar-refractivity contribution is 7.22. The highest BCUT2D eigenvalue weighted by Crippen LogP contribution is 2.33. The molecule has 1 saturated carbocycles. The van der Waals surface area contributed by atoms with Gasteiger partial charge in [-0.1, -0.05) is 60.9 Å². The molecule has 1 aromatic heterocycles. The average Bonchev–Trinajstić information content (AvgIpc) is 3.10. The predicted octanol–water partition coefficient (Wildman–Crippen LogP) is 5.55. The van der Waals surface area contributed by atoms with E-state index in [-0.39, 0.29) is 17.6 Å². The molecule has 3 aromatic rings. The summed E-state index contributed by atoms with van der Waals surface area (Å²) in [6, 6.07) is 14.5. The lowest BCUT2D eigenvalue weighted by atomic mass is 9.88. The molecule has 0 bridgehead atoms. The van der Waals surface area contributed by atoms with Gasteiger partial charge in [0.15, 0.2) is 5.13 Å². The number of thiazole rings is 1. The van der Waals surface area contributed by atoms with E-state index in [9.17, 15) is 9.18 Å². The smallest absolute Gasteiger partial charge is 0.232 e. The second-order valence-corrected chi connectivity index (χ2v) is 7.86. The first-order valence-corrected chi connectivity index (χ1v) is 9.94. The van der Waals surface area contributed by atoms with Crippen molar-refractivity contribution in [1.29, 1.82) is 0 Å². The number of carbonyl (C=O) groups is 1. The summed E-state index contributed by atoms with van der Waals surface area (Å²) in [5.41, 5.74) is 1.81. The number of fused-ring (bicyclic) bond motifs is 1. The number of amides is 1. The molecule has 1 aliphatic rings. The molecule has 2 aromatic carbocycles. The van der Waals surface area contributed by atoms with Gasteiger partial charge < -0.3 is 0 Å². The highest BCUT2D eigenvalue weighted by Gasteiger charge is 2.28. The van der Waals surface area contributed by atoms with E-state index in [1.54, 1.807) is 11.0 Å². The Bertz CT molecular complexity index is 903. The molecule has 0 radical (unpaired) electrons. The fourth-order valence-electron chi connectivity index (χ4n) is 3.58. The van der Waals surface area contributed by atoms with Crippen LogP contribution >= 0.6 is 11.3 Å². The zero-order valence-corrected chi connectivity index (χ0v) is 15.3. The van der Waals surface area contributed by atoms with Gasteiger partial charge in [0, 0.05) is 5.92 Å². The van der Waals surface area contributed by atoms with Crippen molar-refractivity contribution in [2.75, 3.05) is 4.90 Å². The van der Waals surface area contributed by atoms with E-state index in [1.807, 2.05) is 30.3 Å². The molecule has 1 aliphatic carbocycles. The zero-order valence-electron chi connectivity index (χ0n) is 14.5. The summed E-state index contributed by atoms with van der Waals surface area (Å²) < 4.78 is 14.3. The van der Waals surface area contributed by atoms with Crippen LogP contribution in [-0.4, -0.2) is 10.9 Å². The predicted molar refractivity (Wildman–Crippen MR) is 104 cm³/mol. The molecule has 1 fully saturated rings.